The number of hydrogen-bond donors (Lipinski definition) is 2. The first-order valence-electron chi connectivity index (χ1n) is 10.2. The van der Waals surface area contributed by atoms with Crippen LogP contribution in [0.2, 0.25) is 0 Å². The molecule has 0 spiro atoms. The number of fused-ring (bicyclic) bond motifs is 3. The van der Waals surface area contributed by atoms with Gasteiger partial charge in [0.15, 0.2) is 24.0 Å². The molecule has 170 valence electrons. The van der Waals surface area contributed by atoms with Gasteiger partial charge in [0.2, 0.25) is 5.91 Å². The van der Waals surface area contributed by atoms with Crippen LogP contribution in [0.15, 0.2) is 24.3 Å². The second-order valence-electron chi connectivity index (χ2n) is 8.56. The van der Waals surface area contributed by atoms with Crippen LogP contribution in [0.5, 0.6) is 5.75 Å². The van der Waals surface area contributed by atoms with Gasteiger partial charge in [0.05, 0.1) is 19.3 Å². The summed E-state index contributed by atoms with van der Waals surface area (Å²) in [4.78, 5) is 25.3. The molecular formula is C21H28N2O8. The number of ether oxygens (including phenoxy) is 6. The Labute approximate surface area is 180 Å². The van der Waals surface area contributed by atoms with Crippen molar-refractivity contribution in [3.05, 3.63) is 24.3 Å². The van der Waals surface area contributed by atoms with Gasteiger partial charge in [-0.2, -0.15) is 0 Å². The standard InChI is InChI=1S/C21H28N2O8/c1-20(2)28-14-15(29-20)17-19(31-21(3,4)30-17)27-16(14)18(25)22-10-13(24)23-11-8-6-7-9-12(11)26-5/h6-9,14-17,19H,10H2,1-5H3,(H,22,25)(H,23,24)/t14-,15+,16+,17-,19-/m1/s1. The lowest BCUT2D eigenvalue weighted by Crippen LogP contribution is -2.59. The third-order valence-corrected chi connectivity index (χ3v) is 5.22. The van der Waals surface area contributed by atoms with Crippen LogP contribution >= 0.6 is 0 Å². The minimum Gasteiger partial charge on any atom is -0.495 e. The molecule has 0 aromatic heterocycles. The summed E-state index contributed by atoms with van der Waals surface area (Å²) >= 11 is 0. The van der Waals surface area contributed by atoms with Crippen LogP contribution < -0.4 is 15.4 Å². The molecule has 10 nitrogen and oxygen atoms in total. The van der Waals surface area contributed by atoms with Crippen LogP contribution in [0.25, 0.3) is 0 Å². The van der Waals surface area contributed by atoms with Gasteiger partial charge < -0.3 is 39.1 Å². The molecule has 1 aromatic rings. The van der Waals surface area contributed by atoms with E-state index in [0.717, 1.165) is 0 Å². The van der Waals surface area contributed by atoms with Crippen molar-refractivity contribution in [1.29, 1.82) is 0 Å². The molecule has 0 aliphatic carbocycles. The highest BCUT2D eigenvalue weighted by atomic mass is 16.9. The maximum absolute atomic E-state index is 12.9. The molecule has 4 rings (SSSR count). The lowest BCUT2D eigenvalue weighted by molar-refractivity contribution is -0.231. The Balaban J connectivity index is 1.41. The Hall–Kier alpha value is -2.24. The van der Waals surface area contributed by atoms with Gasteiger partial charge in [0.25, 0.3) is 5.91 Å². The Morgan fingerprint density at radius 1 is 0.968 bits per heavy atom. The first-order chi connectivity index (χ1) is 14.6. The first-order valence-corrected chi connectivity index (χ1v) is 10.2. The molecule has 3 saturated heterocycles. The van der Waals surface area contributed by atoms with E-state index >= 15 is 0 Å². The highest BCUT2D eigenvalue weighted by Gasteiger charge is 2.62. The number of hydrogen-bond acceptors (Lipinski definition) is 8. The molecule has 0 unspecified atom stereocenters. The van der Waals surface area contributed by atoms with Gasteiger partial charge in [-0.1, -0.05) is 12.1 Å². The van der Waals surface area contributed by atoms with E-state index in [-0.39, 0.29) is 6.54 Å². The Morgan fingerprint density at radius 3 is 2.35 bits per heavy atom. The number of amides is 2. The van der Waals surface area contributed by atoms with Crippen molar-refractivity contribution in [2.75, 3.05) is 19.0 Å². The molecule has 31 heavy (non-hydrogen) atoms. The van der Waals surface area contributed by atoms with Gasteiger partial charge in [-0.05, 0) is 39.8 Å². The molecule has 3 fully saturated rings. The quantitative estimate of drug-likeness (QED) is 0.707. The number of carbonyl (C=O) groups is 2. The first kappa shape index (κ1) is 22.0. The third kappa shape index (κ3) is 4.53. The molecule has 1 aromatic carbocycles. The Bertz CT molecular complexity index is 858. The normalized spacial score (nSPS) is 32.6. The van der Waals surface area contributed by atoms with E-state index in [0.29, 0.717) is 11.4 Å². The smallest absolute Gasteiger partial charge is 0.252 e. The summed E-state index contributed by atoms with van der Waals surface area (Å²) in [6.45, 7) is 6.80. The molecule has 0 radical (unpaired) electrons. The Kier molecular flexibility index (Phi) is 5.69. The van der Waals surface area contributed by atoms with E-state index in [9.17, 15) is 9.59 Å². The lowest BCUT2D eigenvalue weighted by atomic mass is 9.98. The fourth-order valence-corrected chi connectivity index (χ4v) is 4.03. The highest BCUT2D eigenvalue weighted by molar-refractivity contribution is 5.96. The number of methoxy groups -OCH3 is 1. The highest BCUT2D eigenvalue weighted by Crippen LogP contribution is 2.44. The average molecular weight is 436 g/mol. The molecular weight excluding hydrogens is 408 g/mol. The number of anilines is 1. The molecule has 10 heteroatoms. The maximum atomic E-state index is 12.9. The molecule has 2 amide bonds. The molecule has 3 heterocycles. The van der Waals surface area contributed by atoms with E-state index in [1.54, 1.807) is 52.0 Å². The lowest BCUT2D eigenvalue weighted by Gasteiger charge is -2.36. The molecule has 0 bridgehead atoms. The number of carbonyl (C=O) groups excluding carboxylic acids is 2. The Morgan fingerprint density at radius 2 is 1.61 bits per heavy atom. The van der Waals surface area contributed by atoms with Crippen LogP contribution in [0, 0.1) is 0 Å². The van der Waals surface area contributed by atoms with Gasteiger partial charge in [0, 0.05) is 0 Å². The summed E-state index contributed by atoms with van der Waals surface area (Å²) in [7, 11) is 1.51. The fourth-order valence-electron chi connectivity index (χ4n) is 4.03. The second-order valence-corrected chi connectivity index (χ2v) is 8.56. The summed E-state index contributed by atoms with van der Waals surface area (Å²) in [6, 6.07) is 7.00. The number of para-hydroxylation sites is 2. The van der Waals surface area contributed by atoms with E-state index in [1.807, 2.05) is 0 Å². The summed E-state index contributed by atoms with van der Waals surface area (Å²) in [5.74, 6) is -2.18. The van der Waals surface area contributed by atoms with Crippen LogP contribution in [-0.2, 0) is 33.3 Å². The van der Waals surface area contributed by atoms with Gasteiger partial charge >= 0.3 is 0 Å². The third-order valence-electron chi connectivity index (χ3n) is 5.22. The topological polar surface area (TPSA) is 114 Å². The van der Waals surface area contributed by atoms with Gasteiger partial charge in [-0.25, -0.2) is 0 Å². The fraction of sp³-hybridized carbons (Fsp3) is 0.619. The maximum Gasteiger partial charge on any atom is 0.252 e. The van der Waals surface area contributed by atoms with Crippen molar-refractivity contribution in [3.8, 4) is 5.75 Å². The molecule has 2 N–H and O–H groups in total. The van der Waals surface area contributed by atoms with Crippen molar-refractivity contribution in [2.45, 2.75) is 70.0 Å². The second kappa shape index (κ2) is 8.03. The SMILES string of the molecule is COc1ccccc1NC(=O)CNC(=O)[C@H]1O[C@@H]2OC(C)(C)O[C@@H]2[C@H]2OC(C)(C)O[C@H]21. The van der Waals surface area contributed by atoms with Crippen LogP contribution in [0.4, 0.5) is 5.69 Å². The number of rotatable bonds is 5. The van der Waals surface area contributed by atoms with Crippen molar-refractivity contribution < 1.29 is 38.0 Å². The summed E-state index contributed by atoms with van der Waals surface area (Å²) in [5.41, 5.74) is 0.508. The predicted molar refractivity (Wildman–Crippen MR) is 107 cm³/mol. The average Bonchev–Trinajstić information content (AvgIpc) is 3.19. The summed E-state index contributed by atoms with van der Waals surface area (Å²) in [6.07, 6.45) is -3.59. The van der Waals surface area contributed by atoms with E-state index in [1.165, 1.54) is 7.11 Å². The van der Waals surface area contributed by atoms with E-state index in [4.69, 9.17) is 28.4 Å². The monoisotopic (exact) mass is 436 g/mol. The summed E-state index contributed by atoms with van der Waals surface area (Å²) < 4.78 is 34.7. The van der Waals surface area contributed by atoms with Crippen LogP contribution in [-0.4, -0.2) is 67.7 Å². The number of nitrogens with one attached hydrogen (secondary N) is 2. The van der Waals surface area contributed by atoms with Crippen molar-refractivity contribution in [2.24, 2.45) is 0 Å². The largest absolute Gasteiger partial charge is 0.495 e. The van der Waals surface area contributed by atoms with Gasteiger partial charge in [-0.3, -0.25) is 9.59 Å². The minimum absolute atomic E-state index is 0.255. The zero-order valence-electron chi connectivity index (χ0n) is 18.2. The zero-order chi connectivity index (χ0) is 22.4. The zero-order valence-corrected chi connectivity index (χ0v) is 18.2. The molecule has 3 aliphatic heterocycles. The van der Waals surface area contributed by atoms with Crippen molar-refractivity contribution in [3.63, 3.8) is 0 Å². The van der Waals surface area contributed by atoms with Gasteiger partial charge in [-0.15, -0.1) is 0 Å². The van der Waals surface area contributed by atoms with E-state index in [2.05, 4.69) is 10.6 Å². The molecule has 3 aliphatic rings. The predicted octanol–water partition coefficient (Wildman–Crippen LogP) is 1.15. The van der Waals surface area contributed by atoms with Gasteiger partial charge in [0.1, 0.15) is 24.1 Å². The minimum atomic E-state index is -1.02. The van der Waals surface area contributed by atoms with Crippen molar-refractivity contribution in [1.82, 2.24) is 5.32 Å². The van der Waals surface area contributed by atoms with Crippen LogP contribution in [0.3, 0.4) is 0 Å². The summed E-state index contributed by atoms with van der Waals surface area (Å²) in [5, 5.41) is 5.31. The van der Waals surface area contributed by atoms with Crippen LogP contribution in [0.1, 0.15) is 27.7 Å². The van der Waals surface area contributed by atoms with Crippen molar-refractivity contribution >= 4 is 17.5 Å². The van der Waals surface area contributed by atoms with E-state index < -0.39 is 54.1 Å². The number of benzene rings is 1. The molecule has 5 atom stereocenters. The molecule has 0 saturated carbocycles.